The molecule has 9 heteroatoms. The van der Waals surface area contributed by atoms with E-state index in [1.54, 1.807) is 35.1 Å². The minimum Gasteiger partial charge on any atom is -0.481 e. The minimum absolute atomic E-state index is 0.00729. The highest BCUT2D eigenvalue weighted by Crippen LogP contribution is 2.22. The van der Waals surface area contributed by atoms with Gasteiger partial charge in [0.25, 0.3) is 11.8 Å². The second kappa shape index (κ2) is 8.73. The van der Waals surface area contributed by atoms with E-state index in [0.29, 0.717) is 25.4 Å². The van der Waals surface area contributed by atoms with Gasteiger partial charge in [0.2, 0.25) is 0 Å². The van der Waals surface area contributed by atoms with Gasteiger partial charge in [-0.2, -0.15) is 0 Å². The van der Waals surface area contributed by atoms with Crippen molar-refractivity contribution < 1.29 is 14.3 Å². The monoisotopic (exact) mass is 406 g/mol. The van der Waals surface area contributed by atoms with Crippen molar-refractivity contribution in [3.8, 4) is 5.75 Å². The predicted octanol–water partition coefficient (Wildman–Crippen LogP) is 1.45. The van der Waals surface area contributed by atoms with Crippen LogP contribution in [0.5, 0.6) is 5.75 Å². The van der Waals surface area contributed by atoms with E-state index in [4.69, 9.17) is 4.74 Å². The molecule has 1 atom stereocenters. The molecule has 9 nitrogen and oxygen atoms in total. The molecule has 3 heterocycles. The van der Waals surface area contributed by atoms with Gasteiger partial charge in [-0.25, -0.2) is 4.68 Å². The van der Waals surface area contributed by atoms with Crippen LogP contribution in [0.3, 0.4) is 0 Å². The Morgan fingerprint density at radius 2 is 1.90 bits per heavy atom. The van der Waals surface area contributed by atoms with Gasteiger partial charge in [0.1, 0.15) is 5.75 Å². The molecular weight excluding hydrogens is 384 g/mol. The van der Waals surface area contributed by atoms with Crippen LogP contribution in [0.25, 0.3) is 0 Å². The van der Waals surface area contributed by atoms with Crippen molar-refractivity contribution in [1.82, 2.24) is 30.2 Å². The number of rotatable bonds is 7. The van der Waals surface area contributed by atoms with Crippen LogP contribution in [0.2, 0.25) is 0 Å². The zero-order valence-corrected chi connectivity index (χ0v) is 16.5. The summed E-state index contributed by atoms with van der Waals surface area (Å²) in [6.07, 6.45) is 4.39. The lowest BCUT2D eigenvalue weighted by molar-refractivity contribution is -0.144. The number of ether oxygens (including phenoxy) is 1. The number of nitrogens with zero attached hydrogens (tertiary/aromatic N) is 5. The lowest BCUT2D eigenvalue weighted by atomic mass is 10.1. The first kappa shape index (κ1) is 19.6. The third-order valence-corrected chi connectivity index (χ3v) is 4.90. The summed E-state index contributed by atoms with van der Waals surface area (Å²) in [5, 5.41) is 10.8. The van der Waals surface area contributed by atoms with Crippen LogP contribution in [0.15, 0.2) is 61.1 Å². The second-order valence-electron chi connectivity index (χ2n) is 7.09. The van der Waals surface area contributed by atoms with Crippen LogP contribution in [0.4, 0.5) is 0 Å². The zero-order chi connectivity index (χ0) is 20.9. The van der Waals surface area contributed by atoms with Crippen molar-refractivity contribution in [2.75, 3.05) is 13.1 Å². The maximum Gasteiger partial charge on any atom is 0.273 e. The van der Waals surface area contributed by atoms with Crippen molar-refractivity contribution in [2.45, 2.75) is 25.6 Å². The van der Waals surface area contributed by atoms with Crippen LogP contribution in [0.1, 0.15) is 29.0 Å². The fourth-order valence-electron chi connectivity index (χ4n) is 3.15. The molecule has 3 aromatic rings. The van der Waals surface area contributed by atoms with Gasteiger partial charge in [0.15, 0.2) is 11.8 Å². The van der Waals surface area contributed by atoms with Crippen LogP contribution in [0, 0.1) is 0 Å². The maximum absolute atomic E-state index is 12.5. The first-order chi connectivity index (χ1) is 14.6. The molecule has 1 aliphatic rings. The van der Waals surface area contributed by atoms with E-state index in [0.717, 1.165) is 5.56 Å². The van der Waals surface area contributed by atoms with E-state index in [1.807, 2.05) is 42.5 Å². The van der Waals surface area contributed by atoms with Gasteiger partial charge < -0.3 is 15.0 Å². The van der Waals surface area contributed by atoms with E-state index in [9.17, 15) is 9.59 Å². The molecule has 0 radical (unpaired) electrons. The molecule has 2 aromatic heterocycles. The van der Waals surface area contributed by atoms with Crippen molar-refractivity contribution in [3.63, 3.8) is 0 Å². The largest absolute Gasteiger partial charge is 0.481 e. The highest BCUT2D eigenvalue weighted by atomic mass is 16.5. The number of carbonyl (C=O) groups is 2. The standard InChI is InChI=1S/C21H22N6O3/c1-15(30-18-5-3-2-4-6-18)21(29)26-12-17(13-26)27-14-19(24-25-27)20(28)23-11-16-7-9-22-10-8-16/h2-10,14-15,17H,11-13H2,1H3,(H,23,28). The molecule has 0 bridgehead atoms. The van der Waals surface area contributed by atoms with E-state index < -0.39 is 6.10 Å². The third kappa shape index (κ3) is 4.45. The summed E-state index contributed by atoms with van der Waals surface area (Å²) in [6, 6.07) is 12.9. The van der Waals surface area contributed by atoms with Crippen molar-refractivity contribution in [3.05, 3.63) is 72.3 Å². The molecule has 1 N–H and O–H groups in total. The summed E-state index contributed by atoms with van der Waals surface area (Å²) in [5.41, 5.74) is 1.19. The normalized spacial score (nSPS) is 14.6. The van der Waals surface area contributed by atoms with Crippen LogP contribution in [-0.2, 0) is 11.3 Å². The van der Waals surface area contributed by atoms with Gasteiger partial charge in [-0.3, -0.25) is 14.6 Å². The summed E-state index contributed by atoms with van der Waals surface area (Å²) in [6.45, 7) is 3.13. The average Bonchev–Trinajstić information content (AvgIpc) is 3.22. The maximum atomic E-state index is 12.5. The SMILES string of the molecule is CC(Oc1ccccc1)C(=O)N1CC(n2cc(C(=O)NCc3ccncc3)nn2)C1. The van der Waals surface area contributed by atoms with E-state index in [1.165, 1.54) is 0 Å². The summed E-state index contributed by atoms with van der Waals surface area (Å²) in [4.78, 5) is 30.5. The minimum atomic E-state index is -0.571. The lowest BCUT2D eigenvalue weighted by Gasteiger charge is -2.40. The van der Waals surface area contributed by atoms with Crippen LogP contribution in [-0.4, -0.2) is 55.9 Å². The number of hydrogen-bond acceptors (Lipinski definition) is 6. The Balaban J connectivity index is 1.26. The lowest BCUT2D eigenvalue weighted by Crippen LogP contribution is -2.54. The molecule has 30 heavy (non-hydrogen) atoms. The third-order valence-electron chi connectivity index (χ3n) is 4.90. The molecular formula is C21H22N6O3. The first-order valence-corrected chi connectivity index (χ1v) is 9.69. The number of benzene rings is 1. The Morgan fingerprint density at radius 3 is 2.63 bits per heavy atom. The Bertz CT molecular complexity index is 1000. The smallest absolute Gasteiger partial charge is 0.273 e. The van der Waals surface area contributed by atoms with Crippen LogP contribution < -0.4 is 10.1 Å². The number of hydrogen-bond donors (Lipinski definition) is 1. The molecule has 0 saturated carbocycles. The molecule has 1 saturated heterocycles. The quantitative estimate of drug-likeness (QED) is 0.637. The van der Waals surface area contributed by atoms with E-state index >= 15 is 0 Å². The molecule has 1 aromatic carbocycles. The van der Waals surface area contributed by atoms with Crippen LogP contribution >= 0.6 is 0 Å². The number of para-hydroxylation sites is 1. The number of pyridine rings is 1. The van der Waals surface area contributed by atoms with E-state index in [-0.39, 0.29) is 23.6 Å². The molecule has 0 spiro atoms. The van der Waals surface area contributed by atoms with E-state index in [2.05, 4.69) is 20.6 Å². The second-order valence-corrected chi connectivity index (χ2v) is 7.09. The molecule has 1 fully saturated rings. The summed E-state index contributed by atoms with van der Waals surface area (Å²) < 4.78 is 7.32. The number of amides is 2. The first-order valence-electron chi connectivity index (χ1n) is 9.69. The number of likely N-dealkylation sites (tertiary alicyclic amines) is 1. The van der Waals surface area contributed by atoms with Crippen molar-refractivity contribution in [2.24, 2.45) is 0 Å². The molecule has 0 aliphatic carbocycles. The Kier molecular flexibility index (Phi) is 5.69. The van der Waals surface area contributed by atoms with Gasteiger partial charge >= 0.3 is 0 Å². The highest BCUT2D eigenvalue weighted by molar-refractivity contribution is 5.91. The van der Waals surface area contributed by atoms with Crippen molar-refractivity contribution in [1.29, 1.82) is 0 Å². The van der Waals surface area contributed by atoms with Gasteiger partial charge in [-0.1, -0.05) is 23.4 Å². The number of aromatic nitrogens is 4. The molecule has 4 rings (SSSR count). The molecule has 1 aliphatic heterocycles. The predicted molar refractivity (Wildman–Crippen MR) is 108 cm³/mol. The summed E-state index contributed by atoms with van der Waals surface area (Å²) >= 11 is 0. The number of nitrogens with one attached hydrogen (secondary N) is 1. The Hall–Kier alpha value is -3.75. The van der Waals surface area contributed by atoms with Gasteiger partial charge in [-0.05, 0) is 36.8 Å². The van der Waals surface area contributed by atoms with Gasteiger partial charge in [-0.15, -0.1) is 5.10 Å². The van der Waals surface area contributed by atoms with Gasteiger partial charge in [0.05, 0.1) is 12.2 Å². The van der Waals surface area contributed by atoms with Crippen molar-refractivity contribution >= 4 is 11.8 Å². The Morgan fingerprint density at radius 1 is 1.17 bits per heavy atom. The fourth-order valence-corrected chi connectivity index (χ4v) is 3.15. The summed E-state index contributed by atoms with van der Waals surface area (Å²) in [7, 11) is 0. The zero-order valence-electron chi connectivity index (χ0n) is 16.5. The fraction of sp³-hybridized carbons (Fsp3) is 0.286. The molecule has 154 valence electrons. The van der Waals surface area contributed by atoms with Gasteiger partial charge in [0, 0.05) is 32.0 Å². The Labute approximate surface area is 173 Å². The number of carbonyl (C=O) groups excluding carboxylic acids is 2. The molecule has 1 unspecified atom stereocenters. The topological polar surface area (TPSA) is 102 Å². The molecule has 2 amide bonds. The average molecular weight is 406 g/mol. The highest BCUT2D eigenvalue weighted by Gasteiger charge is 2.35. The summed E-state index contributed by atoms with van der Waals surface area (Å²) in [5.74, 6) is 0.287.